The number of anilines is 3. The van der Waals surface area contributed by atoms with E-state index in [1.807, 2.05) is 140 Å². The van der Waals surface area contributed by atoms with E-state index in [1.54, 1.807) is 57.7 Å². The number of fused-ring (bicyclic) bond motifs is 9. The third-order valence-corrected chi connectivity index (χ3v) is 20.5. The van der Waals surface area contributed by atoms with E-state index in [-0.39, 0.29) is 66.2 Å². The lowest BCUT2D eigenvalue weighted by atomic mass is 10.0. The van der Waals surface area contributed by atoms with E-state index in [9.17, 15) is 28.6 Å². The number of hydrogen-bond donors (Lipinski definition) is 3. The maximum atomic E-state index is 13.8. The number of carbonyl (C=O) groups excluding carboxylic acids is 3. The zero-order chi connectivity index (χ0) is 75.3. The number of aliphatic hydroxyl groups is 1. The molecule has 11 aromatic rings. The summed E-state index contributed by atoms with van der Waals surface area (Å²) in [6.07, 6.45) is 8.47. The van der Waals surface area contributed by atoms with Crippen LogP contribution in [-0.4, -0.2) is 149 Å². The lowest BCUT2D eigenvalue weighted by Gasteiger charge is -2.21. The molecule has 3 saturated heterocycles. The van der Waals surface area contributed by atoms with E-state index in [1.165, 1.54) is 14.3 Å². The monoisotopic (exact) mass is 1510 g/mol. The van der Waals surface area contributed by atoms with Gasteiger partial charge in [-0.1, -0.05) is 94.5 Å². The van der Waals surface area contributed by atoms with Gasteiger partial charge in [0.15, 0.2) is 34.5 Å². The minimum absolute atomic E-state index is 0. The molecule has 3 N–H and O–H groups in total. The molecule has 0 radical (unpaired) electrons. The van der Waals surface area contributed by atoms with Crippen molar-refractivity contribution in [2.45, 2.75) is 88.5 Å². The summed E-state index contributed by atoms with van der Waals surface area (Å²) < 4.78 is 67.4. The molecule has 17 rings (SSSR count). The molecule has 3 amide bonds. The van der Waals surface area contributed by atoms with Crippen molar-refractivity contribution in [3.63, 3.8) is 0 Å². The van der Waals surface area contributed by atoms with Crippen LogP contribution in [0.2, 0.25) is 0 Å². The number of cyclic esters (lactones) is 3. The number of phosphoric acid groups is 2. The molecule has 5 aromatic carbocycles. The molecule has 3 fully saturated rings. The number of nitrogens with zero attached hydrogens (tertiary/aromatic N) is 18. The van der Waals surface area contributed by atoms with Crippen LogP contribution in [0.5, 0.6) is 0 Å². The van der Waals surface area contributed by atoms with Gasteiger partial charge in [0.1, 0.15) is 18.3 Å². The number of aromatic nitrogens is 12. The Morgan fingerprint density at radius 2 is 0.789 bits per heavy atom. The van der Waals surface area contributed by atoms with Crippen LogP contribution in [0.25, 0.3) is 65.4 Å². The summed E-state index contributed by atoms with van der Waals surface area (Å²) in [6.45, 7) is 20.6. The molecule has 6 atom stereocenters. The van der Waals surface area contributed by atoms with Gasteiger partial charge in [-0.3, -0.25) is 32.8 Å². The van der Waals surface area contributed by atoms with Gasteiger partial charge in [-0.2, -0.15) is 0 Å². The summed E-state index contributed by atoms with van der Waals surface area (Å²) >= 11 is 0. The minimum Gasteiger partial charge on any atom is -0.441 e. The number of aliphatic hydroxyl groups excluding tert-OH is 1. The van der Waals surface area contributed by atoms with Gasteiger partial charge in [0.05, 0.1) is 86.8 Å². The first-order valence-corrected chi connectivity index (χ1v) is 36.9. The van der Waals surface area contributed by atoms with Gasteiger partial charge in [0.2, 0.25) is 0 Å². The first-order chi connectivity index (χ1) is 53.0. The predicted octanol–water partition coefficient (Wildman–Crippen LogP) is 10.9. The molecule has 109 heavy (non-hydrogen) atoms. The van der Waals surface area contributed by atoms with Crippen LogP contribution < -0.4 is 14.7 Å². The van der Waals surface area contributed by atoms with Crippen LogP contribution in [0, 0.1) is 19.7 Å². The normalized spacial score (nSPS) is 18.3. The van der Waals surface area contributed by atoms with Crippen molar-refractivity contribution in [3.8, 4) is 50.8 Å². The van der Waals surface area contributed by atoms with E-state index in [4.69, 9.17) is 57.3 Å². The van der Waals surface area contributed by atoms with Gasteiger partial charge in [-0.15, -0.1) is 15.3 Å². The minimum atomic E-state index is -4.66. The summed E-state index contributed by atoms with van der Waals surface area (Å²) in [5.74, 6) is 1.77. The molecule has 35 heteroatoms. The van der Waals surface area contributed by atoms with E-state index >= 15 is 0 Å². The molecule has 33 nitrogen and oxygen atoms in total. The molecule has 6 aliphatic heterocycles. The van der Waals surface area contributed by atoms with Crippen LogP contribution in [0.15, 0.2) is 189 Å². The van der Waals surface area contributed by atoms with E-state index < -0.39 is 58.3 Å². The molecule has 0 aliphatic carbocycles. The Bertz CT molecular complexity index is 5420. The number of carbonyl (C=O) groups is 3. The topological polar surface area (TPSA) is 364 Å². The Balaban J connectivity index is 0.000000142. The Kier molecular flexibility index (Phi) is 20.5. The van der Waals surface area contributed by atoms with Crippen LogP contribution in [-0.2, 0) is 93.5 Å². The first-order valence-electron chi connectivity index (χ1n) is 33.9. The van der Waals surface area contributed by atoms with Crippen LogP contribution >= 0.6 is 15.6 Å². The smallest absolute Gasteiger partial charge is 0.441 e. The second kappa shape index (κ2) is 31.1. The highest BCUT2D eigenvalue weighted by atomic mass is 31.2. The fraction of sp³-hybridized carbons (Fsp3) is 0.230. The fourth-order valence-corrected chi connectivity index (χ4v) is 15.0. The quantitative estimate of drug-likeness (QED) is 0.0322. The van der Waals surface area contributed by atoms with Crippen LogP contribution in [0.3, 0.4) is 0 Å². The number of amides is 3. The number of rotatable bonds is 22. The number of benzene rings is 5. The summed E-state index contributed by atoms with van der Waals surface area (Å²) in [6, 6.07) is 46.4. The van der Waals surface area contributed by atoms with E-state index in [0.717, 1.165) is 72.6 Å². The molecule has 12 heterocycles. The summed E-state index contributed by atoms with van der Waals surface area (Å²) in [5.41, 5.74) is 14.1. The van der Waals surface area contributed by atoms with Crippen LogP contribution in [0.1, 0.15) is 46.3 Å². The van der Waals surface area contributed by atoms with Crippen molar-refractivity contribution in [1.29, 1.82) is 0 Å². The van der Waals surface area contributed by atoms with Gasteiger partial charge in [0.25, 0.3) is 19.6 Å². The molecular formula is C74H64N18O15P2. The van der Waals surface area contributed by atoms with E-state index in [0.29, 0.717) is 59.5 Å². The van der Waals surface area contributed by atoms with Crippen molar-refractivity contribution in [2.75, 3.05) is 34.5 Å². The van der Waals surface area contributed by atoms with Gasteiger partial charge in [-0.05, 0) is 137 Å². The van der Waals surface area contributed by atoms with Crippen molar-refractivity contribution in [2.24, 2.45) is 0 Å². The average Bonchev–Trinajstić information content (AvgIpc) is 1.61. The molecule has 6 aliphatic rings. The molecule has 0 saturated carbocycles. The Hall–Kier alpha value is -12.6. The molecule has 0 unspecified atom stereocenters. The highest BCUT2D eigenvalue weighted by Gasteiger charge is 2.51. The number of phosphoric ester groups is 2. The Morgan fingerprint density at radius 3 is 1.12 bits per heavy atom. The molecule has 0 bridgehead atoms. The second-order valence-electron chi connectivity index (χ2n) is 25.6. The van der Waals surface area contributed by atoms with Crippen molar-refractivity contribution < 1.29 is 72.1 Å². The van der Waals surface area contributed by atoms with Gasteiger partial charge in [-0.25, -0.2) is 72.2 Å². The molecule has 6 aromatic heterocycles. The van der Waals surface area contributed by atoms with Crippen LogP contribution in [0.4, 0.5) is 31.4 Å². The standard InChI is InChI=1S/C34H29N6O6P.C20H17N6O6P.C20H16N6O3.H2/c1-35-19-29-20-39(38-37-29)33-15-13-27(18-36-33)26-12-14-30-28(16-26)17-31-32(46-34(41)40(30)31)23-45-47(42,43-21-24-8-4-2-5-9-24)44-22-25-10-6-3-7-11-25;1-21-9-15-10-25(24-23-15)19-5-3-13(8-22-19)12-2-4-16-14(6-12)7-17-18(11-31-33(28,29)30)32-20(27)26(16)17;1-21-9-15-10-25(24-23-15)19-5-3-13(8-22-19)12-2-4-16-14(6-12)7-17-18(11-27)29-20(28)26(16)17;/h2-16,18,20,31-32H,17,19,21-23H2;2-6,8,10,17-18H,7,9,11H2,(H2,28,29,30);2-6,8,10,17-18,27H,7,9,11H2;1H/t31-,32-;2*17-,18-;/m000./s1. The zero-order valence-corrected chi connectivity index (χ0v) is 59.1. The maximum absolute atomic E-state index is 13.8. The van der Waals surface area contributed by atoms with Gasteiger partial charge >= 0.3 is 33.9 Å². The highest BCUT2D eigenvalue weighted by Crippen LogP contribution is 2.53. The highest BCUT2D eigenvalue weighted by molar-refractivity contribution is 7.48. The van der Waals surface area contributed by atoms with Gasteiger partial charge in [0, 0.05) is 36.7 Å². The van der Waals surface area contributed by atoms with E-state index in [2.05, 4.69) is 71.0 Å². The summed E-state index contributed by atoms with van der Waals surface area (Å²) in [4.78, 5) is 83.4. The molecule has 550 valence electrons. The SMILES string of the molecule is [C-]#[N+]Cc1cn(-c2ccc(-c3ccc4c(c3)C[C@H]3[C@H](CO)OC(=O)N43)cn2)nn1.[C-]#[N+]Cc1cn(-c2ccc(-c3ccc4c(c3)C[C@H]3[C@H](COP(=O)(O)O)OC(=O)N43)cn2)nn1.[C-]#[N+]Cc1cn(-c2ccc(-c3ccc4c(c3)C[C@H]3[C@H](COP(=O)(OCc5ccccc5)OCc5ccccc5)OC(=O)N43)cn2)nn1.[HH]. The van der Waals surface area contributed by atoms with Crippen molar-refractivity contribution >= 4 is 51.0 Å². The van der Waals surface area contributed by atoms with Crippen molar-refractivity contribution in [1.82, 2.24) is 59.9 Å². The maximum Gasteiger partial charge on any atom is 0.475 e. The molecular weight excluding hydrogens is 1440 g/mol. The second-order valence-corrected chi connectivity index (χ2v) is 28.5. The largest absolute Gasteiger partial charge is 0.475 e. The lowest BCUT2D eigenvalue weighted by Crippen LogP contribution is -2.35. The van der Waals surface area contributed by atoms with Gasteiger partial charge < -0.3 is 43.6 Å². The third kappa shape index (κ3) is 15.7. The summed E-state index contributed by atoms with van der Waals surface area (Å²) in [5, 5.41) is 33.4. The average molecular weight is 1510 g/mol. The number of pyridine rings is 3. The Labute approximate surface area is 622 Å². The summed E-state index contributed by atoms with van der Waals surface area (Å²) in [7, 11) is -8.71. The number of ether oxygens (including phenoxy) is 3. The predicted molar refractivity (Wildman–Crippen MR) is 389 cm³/mol. The first kappa shape index (κ1) is 72.0. The zero-order valence-electron chi connectivity index (χ0n) is 57.3. The number of hydrogen-bond acceptors (Lipinski definition) is 22. The third-order valence-electron chi connectivity index (χ3n) is 18.7. The molecule has 0 spiro atoms. The fourth-order valence-electron chi connectivity index (χ4n) is 13.5. The van der Waals surface area contributed by atoms with Crippen molar-refractivity contribution in [3.05, 3.63) is 268 Å². The Morgan fingerprint density at radius 1 is 0.450 bits per heavy atom. The lowest BCUT2D eigenvalue weighted by molar-refractivity contribution is 0.0515.